The van der Waals surface area contributed by atoms with Crippen molar-refractivity contribution in [3.8, 4) is 0 Å². The summed E-state index contributed by atoms with van der Waals surface area (Å²) in [5.41, 5.74) is -0.235. The van der Waals surface area contributed by atoms with Crippen molar-refractivity contribution in [3.05, 3.63) is 0 Å². The van der Waals surface area contributed by atoms with Crippen molar-refractivity contribution < 1.29 is 19.1 Å². The van der Waals surface area contributed by atoms with Gasteiger partial charge in [-0.15, -0.1) is 0 Å². The molecule has 0 saturated heterocycles. The number of fused-ring (bicyclic) bond motifs is 2. The summed E-state index contributed by atoms with van der Waals surface area (Å²) in [4.78, 5) is 24.8. The van der Waals surface area contributed by atoms with Crippen molar-refractivity contribution >= 4 is 11.9 Å². The third kappa shape index (κ3) is 3.48. The summed E-state index contributed by atoms with van der Waals surface area (Å²) in [6.45, 7) is 5.84. The van der Waals surface area contributed by atoms with E-state index in [0.717, 1.165) is 51.4 Å². The van der Waals surface area contributed by atoms with Gasteiger partial charge in [0.15, 0.2) is 0 Å². The average Bonchev–Trinajstić information content (AvgIpc) is 3.15. The average molecular weight is 336 g/mol. The molecule has 0 aromatic rings. The van der Waals surface area contributed by atoms with Gasteiger partial charge < -0.3 is 9.47 Å². The first kappa shape index (κ1) is 17.8. The van der Waals surface area contributed by atoms with E-state index in [9.17, 15) is 9.59 Å². The third-order valence-corrected chi connectivity index (χ3v) is 6.52. The van der Waals surface area contributed by atoms with Crippen molar-refractivity contribution in [3.63, 3.8) is 0 Å². The lowest BCUT2D eigenvalue weighted by Crippen LogP contribution is -2.41. The molecule has 0 aromatic carbocycles. The van der Waals surface area contributed by atoms with Gasteiger partial charge in [-0.1, -0.05) is 27.2 Å². The second-order valence-corrected chi connectivity index (χ2v) is 8.49. The van der Waals surface area contributed by atoms with Gasteiger partial charge in [0.05, 0.1) is 11.8 Å². The van der Waals surface area contributed by atoms with E-state index in [1.807, 2.05) is 13.8 Å². The van der Waals surface area contributed by atoms with Crippen LogP contribution in [-0.2, 0) is 19.1 Å². The molecule has 3 fully saturated rings. The molecule has 136 valence electrons. The van der Waals surface area contributed by atoms with Crippen LogP contribution in [0.2, 0.25) is 0 Å². The van der Waals surface area contributed by atoms with Crippen LogP contribution in [0.4, 0.5) is 0 Å². The Morgan fingerprint density at radius 3 is 2.38 bits per heavy atom. The first-order chi connectivity index (χ1) is 11.4. The fourth-order valence-electron chi connectivity index (χ4n) is 4.99. The van der Waals surface area contributed by atoms with Crippen LogP contribution in [0.3, 0.4) is 0 Å². The van der Waals surface area contributed by atoms with Gasteiger partial charge in [0, 0.05) is 5.92 Å². The zero-order chi connectivity index (χ0) is 17.3. The largest absolute Gasteiger partial charge is 0.462 e. The molecule has 4 heteroatoms. The van der Waals surface area contributed by atoms with Gasteiger partial charge in [-0.05, 0) is 57.3 Å². The summed E-state index contributed by atoms with van der Waals surface area (Å²) >= 11 is 0. The van der Waals surface area contributed by atoms with Crippen LogP contribution < -0.4 is 0 Å². The quantitative estimate of drug-likeness (QED) is 0.704. The molecule has 2 bridgehead atoms. The first-order valence-corrected chi connectivity index (χ1v) is 9.87. The molecule has 0 N–H and O–H groups in total. The number of carbonyl (C=O) groups excluding carboxylic acids is 2. The van der Waals surface area contributed by atoms with E-state index in [-0.39, 0.29) is 41.4 Å². The highest BCUT2D eigenvalue weighted by Gasteiger charge is 2.52. The number of carbonyl (C=O) groups is 2. The van der Waals surface area contributed by atoms with Crippen LogP contribution in [0.5, 0.6) is 0 Å². The van der Waals surface area contributed by atoms with Gasteiger partial charge in [0.1, 0.15) is 11.7 Å². The van der Waals surface area contributed by atoms with E-state index in [1.54, 1.807) is 0 Å². The molecule has 0 aliphatic heterocycles. The summed E-state index contributed by atoms with van der Waals surface area (Å²) in [7, 11) is 0. The predicted molar refractivity (Wildman–Crippen MR) is 91.2 cm³/mol. The third-order valence-electron chi connectivity index (χ3n) is 6.52. The lowest BCUT2D eigenvalue weighted by molar-refractivity contribution is -0.176. The van der Waals surface area contributed by atoms with Crippen molar-refractivity contribution in [2.75, 3.05) is 0 Å². The molecule has 4 unspecified atom stereocenters. The van der Waals surface area contributed by atoms with Gasteiger partial charge in [-0.3, -0.25) is 9.59 Å². The molecular weight excluding hydrogens is 304 g/mol. The Balaban J connectivity index is 1.62. The van der Waals surface area contributed by atoms with E-state index >= 15 is 0 Å². The van der Waals surface area contributed by atoms with Crippen molar-refractivity contribution in [2.45, 2.75) is 90.3 Å². The molecule has 0 amide bonds. The van der Waals surface area contributed by atoms with E-state index < -0.39 is 0 Å². The Labute approximate surface area is 145 Å². The SMILES string of the molecule is CCC1(OC(=O)C2CC3CC(OC(=O)C(C)C)C2C3)CCCCC1. The van der Waals surface area contributed by atoms with Crippen LogP contribution in [0.1, 0.15) is 78.6 Å². The number of rotatable bonds is 5. The molecule has 4 atom stereocenters. The molecule has 24 heavy (non-hydrogen) atoms. The number of hydrogen-bond acceptors (Lipinski definition) is 4. The summed E-state index contributed by atoms with van der Waals surface area (Å²) in [5.74, 6) is 0.330. The van der Waals surface area contributed by atoms with Gasteiger partial charge in [-0.25, -0.2) is 0 Å². The lowest BCUT2D eigenvalue weighted by atomic mass is 9.82. The fourth-order valence-corrected chi connectivity index (χ4v) is 4.99. The van der Waals surface area contributed by atoms with Crippen molar-refractivity contribution in [1.82, 2.24) is 0 Å². The molecule has 0 radical (unpaired) electrons. The predicted octanol–water partition coefficient (Wildman–Crippen LogP) is 4.26. The van der Waals surface area contributed by atoms with Crippen LogP contribution in [0.15, 0.2) is 0 Å². The van der Waals surface area contributed by atoms with Crippen LogP contribution in [0, 0.1) is 23.7 Å². The Hall–Kier alpha value is -1.06. The van der Waals surface area contributed by atoms with Crippen LogP contribution >= 0.6 is 0 Å². The van der Waals surface area contributed by atoms with E-state index in [0.29, 0.717) is 5.92 Å². The zero-order valence-corrected chi connectivity index (χ0v) is 15.4. The standard InChI is InChI=1S/C20H32O4/c1-4-20(8-6-5-7-9-20)24-19(22)16-11-14-10-15(16)17(12-14)23-18(21)13(2)3/h13-17H,4-12H2,1-3H3. The van der Waals surface area contributed by atoms with Gasteiger partial charge >= 0.3 is 11.9 Å². The Morgan fingerprint density at radius 1 is 1.08 bits per heavy atom. The Morgan fingerprint density at radius 2 is 1.79 bits per heavy atom. The molecule has 0 aromatic heterocycles. The molecule has 0 spiro atoms. The molecular formula is C20H32O4. The van der Waals surface area contributed by atoms with Gasteiger partial charge in [-0.2, -0.15) is 0 Å². The van der Waals surface area contributed by atoms with Crippen LogP contribution in [0.25, 0.3) is 0 Å². The number of ether oxygens (including phenoxy) is 2. The highest BCUT2D eigenvalue weighted by molar-refractivity contribution is 5.75. The maximum Gasteiger partial charge on any atom is 0.309 e. The zero-order valence-electron chi connectivity index (χ0n) is 15.4. The van der Waals surface area contributed by atoms with Crippen molar-refractivity contribution in [1.29, 1.82) is 0 Å². The summed E-state index contributed by atoms with van der Waals surface area (Å²) < 4.78 is 11.8. The Bertz CT molecular complexity index is 478. The minimum atomic E-state index is -0.235. The van der Waals surface area contributed by atoms with Crippen LogP contribution in [-0.4, -0.2) is 23.6 Å². The van der Waals surface area contributed by atoms with Gasteiger partial charge in [0.2, 0.25) is 0 Å². The highest BCUT2D eigenvalue weighted by Crippen LogP contribution is 2.51. The second-order valence-electron chi connectivity index (χ2n) is 8.49. The number of hydrogen-bond donors (Lipinski definition) is 0. The summed E-state index contributed by atoms with van der Waals surface area (Å²) in [6.07, 6.45) is 9.24. The molecule has 4 nitrogen and oxygen atoms in total. The molecule has 3 aliphatic rings. The summed E-state index contributed by atoms with van der Waals surface area (Å²) in [6, 6.07) is 0. The molecule has 0 heterocycles. The van der Waals surface area contributed by atoms with E-state index in [1.165, 1.54) is 6.42 Å². The topological polar surface area (TPSA) is 52.6 Å². The maximum absolute atomic E-state index is 12.9. The smallest absolute Gasteiger partial charge is 0.309 e. The van der Waals surface area contributed by atoms with Gasteiger partial charge in [0.25, 0.3) is 0 Å². The number of esters is 2. The molecule has 3 rings (SSSR count). The van der Waals surface area contributed by atoms with E-state index in [4.69, 9.17) is 9.47 Å². The fraction of sp³-hybridized carbons (Fsp3) is 0.900. The highest BCUT2D eigenvalue weighted by atomic mass is 16.6. The minimum Gasteiger partial charge on any atom is -0.462 e. The minimum absolute atomic E-state index is 0.0310. The monoisotopic (exact) mass is 336 g/mol. The van der Waals surface area contributed by atoms with E-state index in [2.05, 4.69) is 6.92 Å². The normalized spacial score (nSPS) is 34.3. The molecule has 3 aliphatic carbocycles. The maximum atomic E-state index is 12.9. The first-order valence-electron chi connectivity index (χ1n) is 9.87. The molecule has 3 saturated carbocycles. The Kier molecular flexibility index (Phi) is 5.22. The van der Waals surface area contributed by atoms with Crippen molar-refractivity contribution in [2.24, 2.45) is 23.7 Å². The summed E-state index contributed by atoms with van der Waals surface area (Å²) in [5, 5.41) is 0. The second kappa shape index (κ2) is 7.05. The lowest BCUT2D eigenvalue weighted by Gasteiger charge is -2.38.